The normalized spacial score (nSPS) is 20.4. The Balaban J connectivity index is 0.000000188. The van der Waals surface area contributed by atoms with Crippen LogP contribution in [0.15, 0.2) is 116 Å². The lowest BCUT2D eigenvalue weighted by Gasteiger charge is -2.36. The molecule has 14 rings (SSSR count). The lowest BCUT2D eigenvalue weighted by Crippen LogP contribution is -2.42. The first-order valence-corrected chi connectivity index (χ1v) is 39.3. The van der Waals surface area contributed by atoms with Crippen LogP contribution in [0, 0.1) is 25.7 Å². The van der Waals surface area contributed by atoms with E-state index >= 15 is 0 Å². The van der Waals surface area contributed by atoms with Gasteiger partial charge in [-0.25, -0.2) is 39.2 Å². The number of aliphatic hydroxyl groups is 3. The number of fused-ring (bicyclic) bond motifs is 22. The number of aliphatic hydroxyl groups excluding tert-OH is 3. The molecule has 2 aliphatic carbocycles. The van der Waals surface area contributed by atoms with Crippen molar-refractivity contribution in [3.8, 4) is 0 Å². The number of carboxylic acid groups (broad SMARTS) is 2. The Kier molecular flexibility index (Phi) is 25.9. The van der Waals surface area contributed by atoms with Crippen molar-refractivity contribution in [3.63, 3.8) is 0 Å². The SMILES string of the molecule is C=CC1=C(C)c2cc3[nH]c(cc4nc(cc5[nH]c(cc1n2)c(C)c5CCC(=O)O)C(CCC(=O)OC)=C4C)[C@@]1(C)C3=CC=C(C(=O)OC)[C@H]1C(=O)OC.C=CC1=C(C)c2cc3[nH]c(cc4nc(cc5[nH]c(cc1n2)c(C)c5CCC(=O)OC)C(CCC(=O)O)=C4C)[C@@]1(C)C3=CC=C(C(=O)OC)[C@H]1C(=O)OC.NC(=O)c1ncn([C@@H]2O[C@H](CO)[C@@H](O)[C@H]2O)n1. The number of aromatic amines is 4. The first-order valence-electron chi connectivity index (χ1n) is 39.3. The maximum Gasteiger partial charge on any atom is 0.334 e. The number of carboxylic acids is 2. The molecule has 33 heteroatoms. The lowest BCUT2D eigenvalue weighted by molar-refractivity contribution is -0.149. The molecule has 642 valence electrons. The number of carbonyl (C=O) groups is 9. The first kappa shape index (κ1) is 88.7. The van der Waals surface area contributed by atoms with E-state index in [2.05, 4.69) is 43.2 Å². The fraction of sp³-hybridized carbons (Fsp3) is 0.344. The van der Waals surface area contributed by atoms with E-state index in [0.717, 1.165) is 100 Å². The number of aryl methyl sites for hydroxylation is 4. The Bertz CT molecular complexity index is 6060. The molecule has 33 nitrogen and oxygen atoms in total. The van der Waals surface area contributed by atoms with Gasteiger partial charge in [-0.3, -0.25) is 33.6 Å². The van der Waals surface area contributed by atoms with E-state index in [-0.39, 0.29) is 67.4 Å². The molecule has 5 aromatic rings. The van der Waals surface area contributed by atoms with Gasteiger partial charge in [0.25, 0.3) is 5.91 Å². The summed E-state index contributed by atoms with van der Waals surface area (Å²) in [5.74, 6) is -8.33. The van der Waals surface area contributed by atoms with Crippen LogP contribution >= 0.6 is 0 Å². The predicted molar refractivity (Wildman–Crippen MR) is 452 cm³/mol. The summed E-state index contributed by atoms with van der Waals surface area (Å²) >= 11 is 0. The molecule has 1 saturated heterocycles. The van der Waals surface area contributed by atoms with Crippen LogP contribution in [0.1, 0.15) is 187 Å². The van der Waals surface area contributed by atoms with Gasteiger partial charge in [0.2, 0.25) is 5.82 Å². The molecule has 11 N–H and O–H groups in total. The van der Waals surface area contributed by atoms with Crippen LogP contribution in [0.2, 0.25) is 0 Å². The Labute approximate surface area is 705 Å². The van der Waals surface area contributed by atoms with Gasteiger partial charge in [-0.05, 0) is 196 Å². The molecule has 1 fully saturated rings. The number of primary amides is 1. The van der Waals surface area contributed by atoms with Crippen molar-refractivity contribution >= 4 is 131 Å². The minimum Gasteiger partial charge on any atom is -0.481 e. The van der Waals surface area contributed by atoms with E-state index in [1.807, 2.05) is 110 Å². The van der Waals surface area contributed by atoms with Crippen LogP contribution in [0.25, 0.3) is 77.8 Å². The number of nitrogens with two attached hydrogens (primary N) is 1. The zero-order chi connectivity index (χ0) is 89.3. The van der Waals surface area contributed by atoms with Crippen molar-refractivity contribution in [3.05, 3.63) is 212 Å². The second-order valence-corrected chi connectivity index (χ2v) is 30.7. The molecule has 123 heavy (non-hydrogen) atoms. The molecule has 8 atom stereocenters. The van der Waals surface area contributed by atoms with Crippen LogP contribution in [0.4, 0.5) is 0 Å². The van der Waals surface area contributed by atoms with Gasteiger partial charge in [0.15, 0.2) is 6.23 Å². The lowest BCUT2D eigenvalue weighted by atomic mass is 9.64. The zero-order valence-electron chi connectivity index (χ0n) is 70.4. The number of ether oxygens (including phenoxy) is 7. The topological polar surface area (TPSA) is 491 Å². The van der Waals surface area contributed by atoms with Gasteiger partial charge in [0, 0.05) is 81.7 Å². The summed E-state index contributed by atoms with van der Waals surface area (Å²) in [5, 5.41) is 51.1. The maximum atomic E-state index is 13.7. The number of amides is 1. The number of methoxy groups -OCH3 is 6. The molecular formula is C90H96N12O21. The fourth-order valence-electron chi connectivity index (χ4n) is 17.0. The Hall–Kier alpha value is -13.6. The molecule has 0 unspecified atom stereocenters. The van der Waals surface area contributed by atoms with Crippen LogP contribution in [0.3, 0.4) is 0 Å². The Morgan fingerprint density at radius 2 is 0.902 bits per heavy atom. The average molecular weight is 1680 g/mol. The number of esters is 6. The zero-order valence-corrected chi connectivity index (χ0v) is 70.4. The number of nitrogens with one attached hydrogen (secondary N) is 4. The van der Waals surface area contributed by atoms with E-state index in [4.69, 9.17) is 63.9 Å². The minimum absolute atomic E-state index is 0.0776. The third-order valence-electron chi connectivity index (χ3n) is 23.9. The molecule has 5 aromatic heterocycles. The number of rotatable bonds is 21. The van der Waals surface area contributed by atoms with Gasteiger partial charge in [0.05, 0.1) is 117 Å². The van der Waals surface area contributed by atoms with Crippen molar-refractivity contribution in [1.29, 1.82) is 0 Å². The highest BCUT2D eigenvalue weighted by atomic mass is 16.6. The van der Waals surface area contributed by atoms with Gasteiger partial charge in [-0.2, -0.15) is 0 Å². The number of hydrogen-bond acceptors (Lipinski definition) is 25. The second-order valence-electron chi connectivity index (χ2n) is 30.7. The molecule has 0 aromatic carbocycles. The van der Waals surface area contributed by atoms with Gasteiger partial charge >= 0.3 is 47.8 Å². The smallest absolute Gasteiger partial charge is 0.334 e. The number of H-pyrrole nitrogens is 4. The van der Waals surface area contributed by atoms with Gasteiger partial charge in [-0.1, -0.05) is 49.6 Å². The van der Waals surface area contributed by atoms with E-state index < -0.39 is 95.5 Å². The summed E-state index contributed by atoms with van der Waals surface area (Å²) in [6.45, 7) is 23.1. The van der Waals surface area contributed by atoms with E-state index in [9.17, 15) is 63.6 Å². The number of aliphatic carboxylic acids is 2. The number of aromatic nitrogens is 11. The highest BCUT2D eigenvalue weighted by Gasteiger charge is 2.55. The third kappa shape index (κ3) is 16.7. The van der Waals surface area contributed by atoms with Crippen molar-refractivity contribution in [1.82, 2.24) is 54.6 Å². The predicted octanol–water partition coefficient (Wildman–Crippen LogP) is 10.2. The summed E-state index contributed by atoms with van der Waals surface area (Å²) < 4.78 is 37.0. The van der Waals surface area contributed by atoms with Crippen molar-refractivity contribution in [2.75, 3.05) is 49.3 Å². The van der Waals surface area contributed by atoms with Crippen molar-refractivity contribution in [2.45, 2.75) is 142 Å². The molecule has 0 radical (unpaired) electrons. The van der Waals surface area contributed by atoms with E-state index in [0.29, 0.717) is 92.2 Å². The van der Waals surface area contributed by atoms with Gasteiger partial charge in [-0.15, -0.1) is 5.10 Å². The van der Waals surface area contributed by atoms with E-state index in [1.54, 1.807) is 30.4 Å². The van der Waals surface area contributed by atoms with Crippen LogP contribution in [0.5, 0.6) is 0 Å². The standard InChI is InChI=1S/2C41H42N4O8.C8H12N4O5/c1-9-23-20(2)29-17-34-27-13-10-26(39(49)52-7)38(40(50)53-8)41(27,5)35(45-34)19-30-22(4)24(11-14-36(46)47)32(44-30)18-33-25(12-15-37(48)51-6)21(3)28(43-33)16-31(23)42-29;1-9-23-20(2)29-17-34-27-13-10-26(39(49)52-7)38(40(50)53-8)41(27,5)35(45-34)19-30-22(4)25(12-15-37(48)51-6)33(44-30)18-32-24(11-14-36(46)47)21(3)28(43-32)16-31(23)42-29;9-6(16)7-10-2-12(11-7)8-5(15)4(14)3(1-13)17-8/h2*9-10,13,16-19,38,43,45H,1,11-12,14-15H2,2-8H3,(H,46,47);2-5,8,13-15H,1H2,(H2,9,16)/t2*38-,41+;3-,4-,5-,8-/m001/s1. The monoisotopic (exact) mass is 1680 g/mol. The van der Waals surface area contributed by atoms with Crippen LogP contribution in [-0.4, -0.2) is 201 Å². The summed E-state index contributed by atoms with van der Waals surface area (Å²) in [7, 11) is 7.79. The minimum atomic E-state index is -1.27. The maximum absolute atomic E-state index is 13.7. The molecule has 7 aliphatic heterocycles. The van der Waals surface area contributed by atoms with E-state index in [1.165, 1.54) is 42.7 Å². The van der Waals surface area contributed by atoms with Crippen molar-refractivity contribution in [2.24, 2.45) is 17.6 Å². The molecule has 1 amide bonds. The summed E-state index contributed by atoms with van der Waals surface area (Å²) in [5.41, 5.74) is 24.8. The average Bonchev–Trinajstić information content (AvgIpc) is 1.57. The molecule has 12 heterocycles. The second kappa shape index (κ2) is 36.0. The highest BCUT2D eigenvalue weighted by Crippen LogP contribution is 2.55. The third-order valence-corrected chi connectivity index (χ3v) is 23.9. The molecule has 16 bridgehead atoms. The molecule has 0 saturated carbocycles. The van der Waals surface area contributed by atoms with Gasteiger partial charge < -0.3 is 84.4 Å². The number of nitrogens with zero attached hydrogens (tertiary/aromatic N) is 7. The van der Waals surface area contributed by atoms with Gasteiger partial charge in [0.1, 0.15) is 36.5 Å². The molecule has 9 aliphatic rings. The van der Waals surface area contributed by atoms with Crippen LogP contribution < -0.4 is 5.73 Å². The summed E-state index contributed by atoms with van der Waals surface area (Å²) in [6.07, 6.45) is 8.32. The summed E-state index contributed by atoms with van der Waals surface area (Å²) in [6, 6.07) is 15.2. The summed E-state index contributed by atoms with van der Waals surface area (Å²) in [4.78, 5) is 151. The highest BCUT2D eigenvalue weighted by molar-refractivity contribution is 6.05. The number of allylic oxidation sites excluding steroid dienone is 16. The molecular weight excluding hydrogens is 1590 g/mol. The Morgan fingerprint density at radius 1 is 0.504 bits per heavy atom. The number of hydrogen-bond donors (Lipinski definition) is 10. The first-order chi connectivity index (χ1) is 58.6. The van der Waals surface area contributed by atoms with Crippen LogP contribution in [-0.2, 0) is 95.2 Å². The Morgan fingerprint density at radius 3 is 1.28 bits per heavy atom. The quantitative estimate of drug-likeness (QED) is 0.0241. The number of carbonyl (C=O) groups excluding carboxylic acids is 7. The van der Waals surface area contributed by atoms with Crippen molar-refractivity contribution < 1.29 is 102 Å². The molecule has 0 spiro atoms. The fourth-order valence-corrected chi connectivity index (χ4v) is 17.0. The largest absolute Gasteiger partial charge is 0.481 e.